The van der Waals surface area contributed by atoms with Gasteiger partial charge in [-0.1, -0.05) is 11.6 Å². The van der Waals surface area contributed by atoms with Gasteiger partial charge in [0.05, 0.1) is 82.8 Å². The lowest BCUT2D eigenvalue weighted by atomic mass is 10.2. The number of benzene rings is 4. The minimum absolute atomic E-state index is 0.0714. The molecule has 0 bridgehead atoms. The molecule has 0 aliphatic heterocycles. The first kappa shape index (κ1) is 71.8. The highest BCUT2D eigenvalue weighted by atomic mass is 35.5. The first-order valence-electron chi connectivity index (χ1n) is 26.2. The minimum atomic E-state index is -0.574. The quantitative estimate of drug-likeness (QED) is 0.0150. The molecule has 0 aliphatic carbocycles. The van der Waals surface area contributed by atoms with Crippen LogP contribution in [-0.4, -0.2) is 133 Å². The van der Waals surface area contributed by atoms with E-state index < -0.39 is 9.85 Å². The van der Waals surface area contributed by atoms with Gasteiger partial charge in [-0.05, 0) is 121 Å². The number of hydrogen-bond donors (Lipinski definition) is 6. The van der Waals surface area contributed by atoms with Crippen molar-refractivity contribution in [1.82, 2.24) is 29.5 Å². The van der Waals surface area contributed by atoms with Crippen LogP contribution in [0, 0.1) is 31.6 Å². The Kier molecular flexibility index (Phi) is 34.6. The highest BCUT2D eigenvalue weighted by Gasteiger charge is 2.14. The number of imidazole rings is 1. The molecule has 0 fully saturated rings. The Labute approximate surface area is 512 Å². The van der Waals surface area contributed by atoms with Crippen LogP contribution in [0.2, 0.25) is 5.02 Å². The number of aliphatic hydroxyl groups excluding tert-OH is 1. The van der Waals surface area contributed by atoms with Gasteiger partial charge in [-0.25, -0.2) is 4.79 Å². The molecule has 9 rings (SSSR count). The zero-order valence-electron chi connectivity index (χ0n) is 49.2. The number of ether oxygens (including phenoxy) is 8. The summed E-state index contributed by atoms with van der Waals surface area (Å²) < 4.78 is 42.9. The third-order valence-corrected chi connectivity index (χ3v) is 11.1. The maximum atomic E-state index is 12.1. The maximum Gasteiger partial charge on any atom is 0.331 e. The van der Waals surface area contributed by atoms with Crippen LogP contribution in [0.1, 0.15) is 6.92 Å². The molecule has 8 N–H and O–H groups in total. The largest absolute Gasteiger partial charge is 0.491 e. The van der Waals surface area contributed by atoms with Crippen molar-refractivity contribution in [3.05, 3.63) is 207 Å². The van der Waals surface area contributed by atoms with E-state index in [2.05, 4.69) is 35.6 Å². The summed E-state index contributed by atoms with van der Waals surface area (Å²) in [5.74, 6) is 3.08. The number of aromatic amines is 1. The molecule has 27 nitrogen and oxygen atoms in total. The lowest BCUT2D eigenvalue weighted by molar-refractivity contribution is -0.385. The number of fused-ring (bicyclic) bond motifs is 1. The van der Waals surface area contributed by atoms with E-state index in [-0.39, 0.29) is 22.1 Å². The molecule has 28 heteroatoms. The van der Waals surface area contributed by atoms with Gasteiger partial charge in [0, 0.05) is 84.3 Å². The number of rotatable bonds is 23. The van der Waals surface area contributed by atoms with E-state index in [4.69, 9.17) is 71.3 Å². The van der Waals surface area contributed by atoms with Gasteiger partial charge < -0.3 is 70.1 Å². The Morgan fingerprint density at radius 3 is 1.35 bits per heavy atom. The standard InChI is InChI=1S/C15H15N3O3.C14H15N3O4.C14H17N3O2.C9H13NO2.C5H3ClN2O2.C2H3N.CH4O/c1-20-8-9-21-12-4-2-11(3-5-12)18-14-6-7-16-10-13(14)17-15(18)19;1-20-8-9-21-12-4-2-11(3-5-12)16-13-6-7-15-10-14(13)17(18)19;1-18-8-9-19-12-4-2-11(3-5-12)17-14-6-7-16-10-13(14)15;1-11-6-7-12-9-4-2-8(10)3-5-9;6-4-1-2-7-3-5(4)8(9)10;1-2-3;1-2/h2-7,10H,8-9H2,1H3,(H,17,19);2-7,10H,8-9H2,1H3,(H,15,16);2-7,10H,8-9,15H2,1H3,(H,16,17);2-5H,6-7,10H2,1H3;1-3H;1H3;2H,1H3. The second-order valence-electron chi connectivity index (χ2n) is 16.8. The van der Waals surface area contributed by atoms with Crippen LogP contribution in [-0.2, 0) is 18.9 Å². The predicted octanol–water partition coefficient (Wildman–Crippen LogP) is 10.0. The van der Waals surface area contributed by atoms with Gasteiger partial charge in [0.2, 0.25) is 0 Å². The molecular formula is C60H70ClN13O14. The van der Waals surface area contributed by atoms with E-state index >= 15 is 0 Å². The number of anilines is 6. The number of nitrogen functional groups attached to an aromatic ring is 2. The second kappa shape index (κ2) is 42.4. The van der Waals surface area contributed by atoms with Crippen LogP contribution in [0.4, 0.5) is 45.5 Å². The zero-order valence-corrected chi connectivity index (χ0v) is 49.9. The van der Waals surface area contributed by atoms with E-state index in [0.29, 0.717) is 75.5 Å². The molecule has 0 saturated carbocycles. The molecule has 0 saturated heterocycles. The van der Waals surface area contributed by atoms with Crippen molar-refractivity contribution in [2.45, 2.75) is 6.92 Å². The molecule has 88 heavy (non-hydrogen) atoms. The van der Waals surface area contributed by atoms with E-state index in [1.807, 2.05) is 78.9 Å². The summed E-state index contributed by atoms with van der Waals surface area (Å²) in [4.78, 5) is 50.0. The summed E-state index contributed by atoms with van der Waals surface area (Å²) in [7, 11) is 7.53. The van der Waals surface area contributed by atoms with Crippen LogP contribution in [0.15, 0.2) is 176 Å². The topological polar surface area (TPSA) is 370 Å². The van der Waals surface area contributed by atoms with Gasteiger partial charge in [-0.2, -0.15) is 5.26 Å². The summed E-state index contributed by atoms with van der Waals surface area (Å²) in [5.41, 5.74) is 17.4. The van der Waals surface area contributed by atoms with Gasteiger partial charge in [0.25, 0.3) is 0 Å². The number of methoxy groups -OCH3 is 4. The summed E-state index contributed by atoms with van der Waals surface area (Å²) in [6.45, 7) is 5.74. The first-order valence-corrected chi connectivity index (χ1v) is 26.6. The highest BCUT2D eigenvalue weighted by Crippen LogP contribution is 2.28. The summed E-state index contributed by atoms with van der Waals surface area (Å²) in [6.07, 6.45) is 11.8. The summed E-state index contributed by atoms with van der Waals surface area (Å²) >= 11 is 5.44. The molecule has 5 heterocycles. The van der Waals surface area contributed by atoms with Crippen LogP contribution in [0.3, 0.4) is 0 Å². The fourth-order valence-corrected chi connectivity index (χ4v) is 6.86. The van der Waals surface area contributed by atoms with Crippen LogP contribution >= 0.6 is 11.6 Å². The third kappa shape index (κ3) is 26.6. The van der Waals surface area contributed by atoms with Crippen molar-refractivity contribution in [2.75, 3.05) is 111 Å². The van der Waals surface area contributed by atoms with Gasteiger partial charge in [0.15, 0.2) is 0 Å². The number of nitrogens with two attached hydrogens (primary N) is 2. The van der Waals surface area contributed by atoms with Gasteiger partial charge in [0.1, 0.15) is 72.5 Å². The normalized spacial score (nSPS) is 9.76. The van der Waals surface area contributed by atoms with E-state index in [0.717, 1.165) is 64.5 Å². The van der Waals surface area contributed by atoms with Crippen LogP contribution in [0.25, 0.3) is 16.7 Å². The smallest absolute Gasteiger partial charge is 0.331 e. The highest BCUT2D eigenvalue weighted by molar-refractivity contribution is 6.32. The fraction of sp³-hybridized carbons (Fsp3) is 0.233. The average Bonchev–Trinajstić information content (AvgIpc) is 4.06. The SMILES string of the molecule is CC#N.CO.COCCOc1ccc(-n2c(=O)[nH]c3cnccc32)cc1.COCCOc1ccc(N)cc1.COCCOc1ccc(Nc2ccncc2N)cc1.COCCOc1ccc(Nc2ccncc2[N+](=O)[O-])cc1.O=[N+]([O-])c1cnccc1Cl. The number of nitriles is 1. The number of hydrogen-bond acceptors (Lipinski definition) is 23. The van der Waals surface area contributed by atoms with E-state index in [1.165, 1.54) is 31.6 Å². The Morgan fingerprint density at radius 2 is 0.932 bits per heavy atom. The number of pyridine rings is 4. The van der Waals surface area contributed by atoms with Crippen molar-refractivity contribution in [1.29, 1.82) is 5.26 Å². The molecule has 0 aliphatic rings. The predicted molar refractivity (Wildman–Crippen MR) is 336 cm³/mol. The molecule has 0 radical (unpaired) electrons. The first-order chi connectivity index (χ1) is 42.7. The van der Waals surface area contributed by atoms with Gasteiger partial charge >= 0.3 is 17.1 Å². The Hall–Kier alpha value is -10.5. The van der Waals surface area contributed by atoms with Crippen molar-refractivity contribution < 1.29 is 52.8 Å². The molecule has 4 aromatic carbocycles. The summed E-state index contributed by atoms with van der Waals surface area (Å²) in [5, 5.41) is 41.6. The van der Waals surface area contributed by atoms with E-state index in [9.17, 15) is 25.0 Å². The average molecular weight is 1230 g/mol. The number of nitrogens with zero attached hydrogens (tertiary/aromatic N) is 8. The molecule has 0 unspecified atom stereocenters. The minimum Gasteiger partial charge on any atom is -0.491 e. The van der Waals surface area contributed by atoms with Crippen LogP contribution < -0.4 is 46.7 Å². The monoisotopic (exact) mass is 1230 g/mol. The number of H-pyrrole nitrogens is 1. The van der Waals surface area contributed by atoms with E-state index in [1.54, 1.807) is 100 Å². The number of halogens is 1. The molecule has 0 spiro atoms. The number of aromatic nitrogens is 6. The van der Waals surface area contributed by atoms with Crippen molar-refractivity contribution in [3.63, 3.8) is 0 Å². The van der Waals surface area contributed by atoms with Gasteiger partial charge in [-0.15, -0.1) is 0 Å². The lowest BCUT2D eigenvalue weighted by Crippen LogP contribution is -2.14. The van der Waals surface area contributed by atoms with Gasteiger partial charge in [-0.3, -0.25) is 44.7 Å². The molecule has 466 valence electrons. The van der Waals surface area contributed by atoms with Crippen molar-refractivity contribution in [2.24, 2.45) is 0 Å². The fourth-order valence-electron chi connectivity index (χ4n) is 6.68. The number of nitro groups is 2. The molecule has 0 atom stereocenters. The lowest BCUT2D eigenvalue weighted by Gasteiger charge is -2.10. The van der Waals surface area contributed by atoms with Crippen LogP contribution in [0.5, 0.6) is 23.0 Å². The maximum absolute atomic E-state index is 12.1. The number of nitrogens with one attached hydrogen (secondary N) is 3. The number of aliphatic hydroxyl groups is 1. The molecule has 5 aromatic heterocycles. The van der Waals surface area contributed by atoms with Crippen molar-refractivity contribution in [3.8, 4) is 34.8 Å². The Morgan fingerprint density at radius 1 is 0.557 bits per heavy atom. The third-order valence-electron chi connectivity index (χ3n) is 10.7. The molecular weight excluding hydrogens is 1160 g/mol. The Balaban J connectivity index is 0.000000289. The molecule has 9 aromatic rings. The zero-order chi connectivity index (χ0) is 64.3. The molecule has 0 amide bonds. The Bertz CT molecular complexity index is 3510. The summed E-state index contributed by atoms with van der Waals surface area (Å²) in [6, 6.07) is 37.8. The second-order valence-corrected chi connectivity index (χ2v) is 17.2. The van der Waals surface area contributed by atoms with Crippen molar-refractivity contribution >= 4 is 68.1 Å².